The molecular weight excluding hydrogens is 94.0 g/mol. The number of hydrogen-bond acceptors (Lipinski definition) is 3. The van der Waals surface area contributed by atoms with Crippen molar-refractivity contribution < 1.29 is 9.90 Å². The van der Waals surface area contributed by atoms with Crippen LogP contribution in [0.3, 0.4) is 0 Å². The molecule has 0 rings (SSSR count). The maximum absolute atomic E-state index is 9.74. The number of rotatable bonds is 2. The third-order valence-electron chi connectivity index (χ3n) is 0.756. The van der Waals surface area contributed by atoms with E-state index in [0.29, 0.717) is 0 Å². The number of carboxylic acid groups (broad SMARTS) is 1. The van der Waals surface area contributed by atoms with Crippen LogP contribution in [0.5, 0.6) is 0 Å². The average molecular weight is 102 g/mol. The highest BCUT2D eigenvalue weighted by molar-refractivity contribution is 5.67. The van der Waals surface area contributed by atoms with Crippen molar-refractivity contribution in [2.24, 2.45) is 11.7 Å². The van der Waals surface area contributed by atoms with Gasteiger partial charge in [-0.05, 0) is 0 Å². The summed E-state index contributed by atoms with van der Waals surface area (Å²) in [5.41, 5.74) is 4.95. The van der Waals surface area contributed by atoms with Gasteiger partial charge in [-0.15, -0.1) is 0 Å². The normalized spacial score (nSPS) is 13.4. The summed E-state index contributed by atoms with van der Waals surface area (Å²) in [7, 11) is 0. The molecule has 0 fully saturated rings. The molecular formula is C4H8NO2-. The lowest BCUT2D eigenvalue weighted by Crippen LogP contribution is -2.33. The van der Waals surface area contributed by atoms with Gasteiger partial charge in [-0.3, -0.25) is 0 Å². The van der Waals surface area contributed by atoms with Gasteiger partial charge in [0.1, 0.15) is 0 Å². The second-order valence-electron chi connectivity index (χ2n) is 1.46. The van der Waals surface area contributed by atoms with Crippen LogP contribution in [0.4, 0.5) is 0 Å². The summed E-state index contributed by atoms with van der Waals surface area (Å²) in [6.07, 6.45) is 0. The Kier molecular flexibility index (Phi) is 2.37. The van der Waals surface area contributed by atoms with Gasteiger partial charge in [-0.1, -0.05) is 6.92 Å². The molecule has 0 saturated heterocycles. The highest BCUT2D eigenvalue weighted by Crippen LogP contribution is 1.84. The Morgan fingerprint density at radius 3 is 2.43 bits per heavy atom. The molecule has 0 spiro atoms. The monoisotopic (exact) mass is 102 g/mol. The largest absolute Gasteiger partial charge is 0.550 e. The number of nitrogens with two attached hydrogens (primary N) is 1. The fourth-order valence-corrected chi connectivity index (χ4v) is 0.0962. The molecule has 0 aromatic rings. The van der Waals surface area contributed by atoms with Crippen molar-refractivity contribution in [3.8, 4) is 0 Å². The van der Waals surface area contributed by atoms with E-state index in [0.717, 1.165) is 0 Å². The number of carbonyl (C=O) groups is 1. The van der Waals surface area contributed by atoms with Gasteiger partial charge >= 0.3 is 0 Å². The zero-order chi connectivity index (χ0) is 5.86. The van der Waals surface area contributed by atoms with E-state index in [1.165, 1.54) is 6.92 Å². The summed E-state index contributed by atoms with van der Waals surface area (Å²) < 4.78 is 0. The van der Waals surface area contributed by atoms with Crippen molar-refractivity contribution in [3.05, 3.63) is 0 Å². The van der Waals surface area contributed by atoms with Crippen LogP contribution >= 0.6 is 0 Å². The fourth-order valence-electron chi connectivity index (χ4n) is 0.0962. The van der Waals surface area contributed by atoms with Crippen LogP contribution in [0.1, 0.15) is 6.92 Å². The van der Waals surface area contributed by atoms with Gasteiger partial charge in [-0.25, -0.2) is 0 Å². The third-order valence-corrected chi connectivity index (χ3v) is 0.756. The minimum Gasteiger partial charge on any atom is -0.550 e. The summed E-state index contributed by atoms with van der Waals surface area (Å²) in [6, 6.07) is 0. The Bertz CT molecular complexity index is 72.1. The molecule has 0 unspecified atom stereocenters. The van der Waals surface area contributed by atoms with Crippen LogP contribution in [-0.4, -0.2) is 12.5 Å². The van der Waals surface area contributed by atoms with E-state index in [2.05, 4.69) is 0 Å². The van der Waals surface area contributed by atoms with Gasteiger partial charge in [0.15, 0.2) is 0 Å². The number of aliphatic carboxylic acids is 1. The second kappa shape index (κ2) is 2.58. The highest BCUT2D eigenvalue weighted by Gasteiger charge is 1.95. The van der Waals surface area contributed by atoms with Gasteiger partial charge in [0.2, 0.25) is 0 Å². The molecule has 0 aliphatic carbocycles. The Balaban J connectivity index is 3.34. The first-order valence-corrected chi connectivity index (χ1v) is 2.09. The molecule has 0 aromatic heterocycles. The minimum atomic E-state index is -1.08. The van der Waals surface area contributed by atoms with E-state index >= 15 is 0 Å². The number of carboxylic acids is 1. The Morgan fingerprint density at radius 2 is 2.43 bits per heavy atom. The maximum Gasteiger partial charge on any atom is 0.0455 e. The highest BCUT2D eigenvalue weighted by atomic mass is 16.4. The summed E-state index contributed by atoms with van der Waals surface area (Å²) in [5, 5.41) is 9.74. The lowest BCUT2D eigenvalue weighted by Gasteiger charge is -2.06. The fraction of sp³-hybridized carbons (Fsp3) is 0.750. The average Bonchev–Trinajstić information content (AvgIpc) is 1.65. The van der Waals surface area contributed by atoms with Crippen molar-refractivity contribution >= 4 is 5.97 Å². The second-order valence-corrected chi connectivity index (χ2v) is 1.46. The Morgan fingerprint density at radius 1 is 2.00 bits per heavy atom. The Hall–Kier alpha value is -0.570. The van der Waals surface area contributed by atoms with Crippen LogP contribution in [0.15, 0.2) is 0 Å². The molecule has 0 aromatic carbocycles. The van der Waals surface area contributed by atoms with E-state index in [9.17, 15) is 9.90 Å². The number of hydrogen-bond donors (Lipinski definition) is 1. The van der Waals surface area contributed by atoms with E-state index in [4.69, 9.17) is 5.73 Å². The zero-order valence-corrected chi connectivity index (χ0v) is 4.18. The number of carbonyl (C=O) groups excluding carboxylic acids is 1. The van der Waals surface area contributed by atoms with E-state index in [1.54, 1.807) is 0 Å². The minimum absolute atomic E-state index is 0.155. The molecule has 3 heteroatoms. The first kappa shape index (κ1) is 6.43. The summed E-state index contributed by atoms with van der Waals surface area (Å²) >= 11 is 0. The predicted molar refractivity (Wildman–Crippen MR) is 23.2 cm³/mol. The lowest BCUT2D eigenvalue weighted by atomic mass is 10.2. The van der Waals surface area contributed by atoms with Crippen LogP contribution < -0.4 is 10.8 Å². The molecule has 3 nitrogen and oxygen atoms in total. The molecule has 0 aliphatic rings. The quantitative estimate of drug-likeness (QED) is 0.453. The third kappa shape index (κ3) is 2.17. The van der Waals surface area contributed by atoms with E-state index in [-0.39, 0.29) is 6.54 Å². The van der Waals surface area contributed by atoms with Crippen LogP contribution in [0.25, 0.3) is 0 Å². The van der Waals surface area contributed by atoms with Crippen molar-refractivity contribution in [1.29, 1.82) is 0 Å². The molecule has 0 amide bonds. The first-order chi connectivity index (χ1) is 3.18. The molecule has 1 atom stereocenters. The molecule has 0 radical (unpaired) electrons. The molecule has 2 N–H and O–H groups in total. The van der Waals surface area contributed by atoms with Crippen LogP contribution in [-0.2, 0) is 4.79 Å². The van der Waals surface area contributed by atoms with Crippen LogP contribution in [0, 0.1) is 5.92 Å². The summed E-state index contributed by atoms with van der Waals surface area (Å²) in [4.78, 5) is 9.74. The van der Waals surface area contributed by atoms with Gasteiger partial charge in [0, 0.05) is 18.4 Å². The first-order valence-electron chi connectivity index (χ1n) is 2.09. The molecule has 7 heavy (non-hydrogen) atoms. The molecule has 0 aliphatic heterocycles. The smallest absolute Gasteiger partial charge is 0.0455 e. The molecule has 42 valence electrons. The van der Waals surface area contributed by atoms with Gasteiger partial charge in [0.25, 0.3) is 0 Å². The van der Waals surface area contributed by atoms with Crippen molar-refractivity contribution in [1.82, 2.24) is 0 Å². The molecule has 0 bridgehead atoms. The van der Waals surface area contributed by atoms with Crippen LogP contribution in [0.2, 0.25) is 0 Å². The topological polar surface area (TPSA) is 66.2 Å². The SMILES string of the molecule is C[C@H](CN)C(=O)[O-]. The van der Waals surface area contributed by atoms with E-state index in [1.807, 2.05) is 0 Å². The molecule has 0 saturated carbocycles. The summed E-state index contributed by atoms with van der Waals surface area (Å²) in [6.45, 7) is 1.66. The Labute approximate surface area is 42.1 Å². The van der Waals surface area contributed by atoms with E-state index < -0.39 is 11.9 Å². The molecule has 0 heterocycles. The summed E-state index contributed by atoms with van der Waals surface area (Å²) in [5.74, 6) is -1.59. The maximum atomic E-state index is 9.74. The zero-order valence-electron chi connectivity index (χ0n) is 4.18. The van der Waals surface area contributed by atoms with Gasteiger partial charge in [-0.2, -0.15) is 0 Å². The van der Waals surface area contributed by atoms with Gasteiger partial charge < -0.3 is 15.6 Å². The lowest BCUT2D eigenvalue weighted by molar-refractivity contribution is -0.310. The van der Waals surface area contributed by atoms with Gasteiger partial charge in [0.05, 0.1) is 0 Å². The van der Waals surface area contributed by atoms with Crippen molar-refractivity contribution in [2.45, 2.75) is 6.92 Å². The standard InChI is InChI=1S/C4H9NO2/c1-3(2-5)4(6)7/h3H,2,5H2,1H3,(H,6,7)/p-1/t3-/m1/s1. The predicted octanol–water partition coefficient (Wildman–Crippen LogP) is -1.67. The van der Waals surface area contributed by atoms with Crippen molar-refractivity contribution in [3.63, 3.8) is 0 Å². The van der Waals surface area contributed by atoms with Crippen molar-refractivity contribution in [2.75, 3.05) is 6.54 Å².